The van der Waals surface area contributed by atoms with Crippen LogP contribution in [0.5, 0.6) is 0 Å². The number of phosphoric acid groups is 1. The molecule has 4 N–H and O–H groups in total. The molecule has 0 aliphatic heterocycles. The van der Waals surface area contributed by atoms with Crippen molar-refractivity contribution >= 4 is 25.7 Å². The van der Waals surface area contributed by atoms with Crippen LogP contribution in [0.2, 0.25) is 0 Å². The molecule has 0 fully saturated rings. The SMILES string of the molecule is CCCC/C=C\C/C=C\CCCCCCCC(=O)OCC(COP(=O)(O)OCC(N)C(=O)O)OC(=O)CCCCCCCCCCCCC/C=C\C/C=C\CCCCCCC. The van der Waals surface area contributed by atoms with Crippen molar-refractivity contribution in [3.63, 3.8) is 0 Å². The Morgan fingerprint density at radius 1 is 0.508 bits per heavy atom. The van der Waals surface area contributed by atoms with Crippen molar-refractivity contribution in [2.45, 2.75) is 225 Å². The molecule has 3 atom stereocenters. The van der Waals surface area contributed by atoms with Crippen molar-refractivity contribution in [3.05, 3.63) is 48.6 Å². The van der Waals surface area contributed by atoms with E-state index in [2.05, 4.69) is 67.0 Å². The third-order valence-corrected chi connectivity index (χ3v) is 11.3. The maximum absolute atomic E-state index is 12.7. The third kappa shape index (κ3) is 43.9. The summed E-state index contributed by atoms with van der Waals surface area (Å²) in [6, 6.07) is -1.52. The fourth-order valence-electron chi connectivity index (χ4n) is 6.46. The Morgan fingerprint density at radius 3 is 1.33 bits per heavy atom. The number of aliphatic carboxylic acids is 1. The second kappa shape index (κ2) is 44.1. The Morgan fingerprint density at radius 2 is 0.885 bits per heavy atom. The highest BCUT2D eigenvalue weighted by Crippen LogP contribution is 2.43. The molecule has 12 heteroatoms. The van der Waals surface area contributed by atoms with Gasteiger partial charge in [-0.25, -0.2) is 4.57 Å². The highest BCUT2D eigenvalue weighted by atomic mass is 31.2. The lowest BCUT2D eigenvalue weighted by Gasteiger charge is -2.20. The summed E-state index contributed by atoms with van der Waals surface area (Å²) in [7, 11) is -4.72. The first-order valence-electron chi connectivity index (χ1n) is 24.2. The summed E-state index contributed by atoms with van der Waals surface area (Å²) in [5, 5.41) is 8.91. The van der Waals surface area contributed by atoms with E-state index in [9.17, 15) is 23.8 Å². The van der Waals surface area contributed by atoms with Gasteiger partial charge in [-0.05, 0) is 70.6 Å². The number of hydrogen-bond donors (Lipinski definition) is 3. The molecular formula is C49H88NO10P. The maximum atomic E-state index is 12.7. The molecule has 0 rings (SSSR count). The molecule has 0 aliphatic rings. The number of esters is 2. The zero-order chi connectivity index (χ0) is 44.9. The quantitative estimate of drug-likeness (QED) is 0.0230. The van der Waals surface area contributed by atoms with Crippen LogP contribution in [-0.4, -0.2) is 59.9 Å². The number of carbonyl (C=O) groups excluding carboxylic acids is 2. The summed E-state index contributed by atoms with van der Waals surface area (Å²) >= 11 is 0. The van der Waals surface area contributed by atoms with Crippen LogP contribution in [0.3, 0.4) is 0 Å². The number of carbonyl (C=O) groups is 3. The minimum Gasteiger partial charge on any atom is -0.480 e. The lowest BCUT2D eigenvalue weighted by atomic mass is 10.0. The van der Waals surface area contributed by atoms with Gasteiger partial charge in [-0.3, -0.25) is 23.4 Å². The van der Waals surface area contributed by atoms with Crippen LogP contribution in [-0.2, 0) is 37.5 Å². The highest BCUT2D eigenvalue weighted by molar-refractivity contribution is 7.47. The van der Waals surface area contributed by atoms with Gasteiger partial charge in [0, 0.05) is 12.8 Å². The first-order valence-corrected chi connectivity index (χ1v) is 25.7. The van der Waals surface area contributed by atoms with E-state index in [0.717, 1.165) is 70.6 Å². The molecule has 0 saturated heterocycles. The van der Waals surface area contributed by atoms with E-state index in [1.165, 1.54) is 103 Å². The zero-order valence-electron chi connectivity index (χ0n) is 38.5. The fourth-order valence-corrected chi connectivity index (χ4v) is 7.24. The smallest absolute Gasteiger partial charge is 0.472 e. The molecule has 11 nitrogen and oxygen atoms in total. The number of phosphoric ester groups is 1. The normalized spacial score (nSPS) is 14.0. The minimum absolute atomic E-state index is 0.155. The van der Waals surface area contributed by atoms with E-state index in [-0.39, 0.29) is 19.4 Å². The van der Waals surface area contributed by atoms with Gasteiger partial charge < -0.3 is 25.2 Å². The second-order valence-electron chi connectivity index (χ2n) is 16.2. The summed E-state index contributed by atoms with van der Waals surface area (Å²) < 4.78 is 32.8. The molecule has 354 valence electrons. The van der Waals surface area contributed by atoms with Crippen molar-refractivity contribution in [1.82, 2.24) is 0 Å². The van der Waals surface area contributed by atoms with Crippen molar-refractivity contribution < 1.29 is 47.5 Å². The Labute approximate surface area is 371 Å². The van der Waals surface area contributed by atoms with Crippen molar-refractivity contribution in [3.8, 4) is 0 Å². The van der Waals surface area contributed by atoms with Crippen LogP contribution >= 0.6 is 7.82 Å². The number of ether oxygens (including phenoxy) is 2. The molecule has 0 aromatic rings. The number of allylic oxidation sites excluding steroid dienone is 8. The van der Waals surface area contributed by atoms with E-state index in [0.29, 0.717) is 12.8 Å². The molecule has 61 heavy (non-hydrogen) atoms. The Kier molecular flexibility index (Phi) is 42.2. The minimum atomic E-state index is -4.72. The summed E-state index contributed by atoms with van der Waals surface area (Å²) in [6.45, 7) is 2.75. The van der Waals surface area contributed by atoms with Gasteiger partial charge in [0.1, 0.15) is 12.6 Å². The van der Waals surface area contributed by atoms with Gasteiger partial charge in [-0.15, -0.1) is 0 Å². The standard InChI is InChI=1S/C49H88NO10P/c1-3-5-7-9-11-13-15-17-19-20-21-22-23-24-25-26-27-29-31-33-35-37-39-41-48(52)60-45(43-58-61(55,56)59-44-46(50)49(53)54)42-57-47(51)40-38-36-34-32-30-28-18-16-14-12-10-8-6-4-2/h10,12,15-18,20-21,45-46H,3-9,11,13-14,19,22-44,50H2,1-2H3,(H,53,54)(H,55,56)/b12-10-,17-15-,18-16-,21-20-. The van der Waals surface area contributed by atoms with Crippen LogP contribution in [0, 0.1) is 0 Å². The van der Waals surface area contributed by atoms with Crippen molar-refractivity contribution in [2.75, 3.05) is 19.8 Å². The molecule has 0 aromatic carbocycles. The lowest BCUT2D eigenvalue weighted by Crippen LogP contribution is -2.34. The fraction of sp³-hybridized carbons (Fsp3) is 0.776. The van der Waals surface area contributed by atoms with Crippen LogP contribution < -0.4 is 5.73 Å². The third-order valence-electron chi connectivity index (χ3n) is 10.3. The van der Waals surface area contributed by atoms with Gasteiger partial charge in [0.2, 0.25) is 0 Å². The number of nitrogens with two attached hydrogens (primary N) is 1. The van der Waals surface area contributed by atoms with E-state index in [1.807, 2.05) is 0 Å². The molecule has 0 heterocycles. The molecule has 0 amide bonds. The number of rotatable bonds is 45. The predicted octanol–water partition coefficient (Wildman–Crippen LogP) is 13.3. The van der Waals surface area contributed by atoms with Gasteiger partial charge in [0.15, 0.2) is 6.10 Å². The largest absolute Gasteiger partial charge is 0.480 e. The van der Waals surface area contributed by atoms with Crippen molar-refractivity contribution in [1.29, 1.82) is 0 Å². The first-order chi connectivity index (χ1) is 29.6. The number of carboxylic acid groups (broad SMARTS) is 1. The van der Waals surface area contributed by atoms with E-state index < -0.39 is 51.1 Å². The first kappa shape index (κ1) is 58.4. The van der Waals surface area contributed by atoms with Gasteiger partial charge in [-0.2, -0.15) is 0 Å². The van der Waals surface area contributed by atoms with E-state index in [1.54, 1.807) is 0 Å². The van der Waals surface area contributed by atoms with Crippen LogP contribution in [0.15, 0.2) is 48.6 Å². The van der Waals surface area contributed by atoms with Gasteiger partial charge in [-0.1, -0.05) is 178 Å². The van der Waals surface area contributed by atoms with E-state index >= 15 is 0 Å². The topological polar surface area (TPSA) is 172 Å². The maximum Gasteiger partial charge on any atom is 0.472 e. The monoisotopic (exact) mass is 882 g/mol. The van der Waals surface area contributed by atoms with Crippen LogP contribution in [0.4, 0.5) is 0 Å². The van der Waals surface area contributed by atoms with Crippen LogP contribution in [0.1, 0.15) is 213 Å². The van der Waals surface area contributed by atoms with Crippen molar-refractivity contribution in [2.24, 2.45) is 5.73 Å². The molecule has 0 radical (unpaired) electrons. The average molecular weight is 882 g/mol. The molecule has 0 bridgehead atoms. The highest BCUT2D eigenvalue weighted by Gasteiger charge is 2.28. The Hall–Kier alpha value is -2.56. The molecular weight excluding hydrogens is 794 g/mol. The molecule has 3 unspecified atom stereocenters. The van der Waals surface area contributed by atoms with E-state index in [4.69, 9.17) is 24.8 Å². The molecule has 0 aliphatic carbocycles. The summed E-state index contributed by atoms with van der Waals surface area (Å²) in [5.41, 5.74) is 5.34. The summed E-state index contributed by atoms with van der Waals surface area (Å²) in [6.07, 6.45) is 50.3. The zero-order valence-corrected chi connectivity index (χ0v) is 39.4. The predicted molar refractivity (Wildman–Crippen MR) is 249 cm³/mol. The number of carboxylic acids is 1. The average Bonchev–Trinajstić information content (AvgIpc) is 3.24. The Balaban J connectivity index is 4.26. The second-order valence-corrected chi connectivity index (χ2v) is 17.7. The lowest BCUT2D eigenvalue weighted by molar-refractivity contribution is -0.161. The number of unbranched alkanes of at least 4 members (excludes halogenated alkanes) is 23. The Bertz CT molecular complexity index is 1220. The van der Waals surface area contributed by atoms with Crippen LogP contribution in [0.25, 0.3) is 0 Å². The van der Waals surface area contributed by atoms with Gasteiger partial charge in [0.25, 0.3) is 0 Å². The number of hydrogen-bond acceptors (Lipinski definition) is 9. The van der Waals surface area contributed by atoms with Gasteiger partial charge >= 0.3 is 25.7 Å². The summed E-state index contributed by atoms with van der Waals surface area (Å²) in [4.78, 5) is 46.1. The van der Waals surface area contributed by atoms with Gasteiger partial charge in [0.05, 0.1) is 13.2 Å². The molecule has 0 spiro atoms. The molecule has 0 saturated carbocycles. The summed E-state index contributed by atoms with van der Waals surface area (Å²) in [5.74, 6) is -2.40. The molecule has 0 aromatic heterocycles.